The summed E-state index contributed by atoms with van der Waals surface area (Å²) < 4.78 is 0. The Hall–Kier alpha value is -2.18. The van der Waals surface area contributed by atoms with Gasteiger partial charge in [-0.1, -0.05) is 36.4 Å². The summed E-state index contributed by atoms with van der Waals surface area (Å²) in [6, 6.07) is 18.8. The van der Waals surface area contributed by atoms with Crippen LogP contribution in [-0.2, 0) is 5.41 Å². The first-order valence-electron chi connectivity index (χ1n) is 10.4. The number of pyridine rings is 1. The Morgan fingerprint density at radius 3 is 2.22 bits per heavy atom. The molecule has 0 amide bonds. The minimum atomic E-state index is -0.659. The van der Waals surface area contributed by atoms with Gasteiger partial charge in [-0.15, -0.1) is 0 Å². The highest BCUT2D eigenvalue weighted by atomic mass is 15.1. The quantitative estimate of drug-likeness (QED) is 0.744. The lowest BCUT2D eigenvalue weighted by Gasteiger charge is -2.29. The van der Waals surface area contributed by atoms with Gasteiger partial charge in [-0.25, -0.2) is 0 Å². The fourth-order valence-electron chi connectivity index (χ4n) is 5.09. The van der Waals surface area contributed by atoms with Crippen LogP contribution in [-0.4, -0.2) is 29.5 Å². The van der Waals surface area contributed by atoms with E-state index in [9.17, 15) is 5.26 Å². The van der Waals surface area contributed by atoms with Gasteiger partial charge in [0.25, 0.3) is 0 Å². The van der Waals surface area contributed by atoms with Crippen molar-refractivity contribution in [2.24, 2.45) is 11.8 Å². The lowest BCUT2D eigenvalue weighted by atomic mass is 9.75. The number of fused-ring (bicyclic) bond motifs is 4. The van der Waals surface area contributed by atoms with E-state index in [-0.39, 0.29) is 0 Å². The Labute approximate surface area is 163 Å². The smallest absolute Gasteiger partial charge is 0.124 e. The van der Waals surface area contributed by atoms with Crippen LogP contribution in [0.3, 0.4) is 0 Å². The summed E-state index contributed by atoms with van der Waals surface area (Å²) in [6.45, 7) is 3.60. The number of nitrogens with zero attached hydrogens (tertiary/aromatic N) is 3. The third-order valence-electron chi connectivity index (χ3n) is 6.58. The third kappa shape index (κ3) is 3.92. The van der Waals surface area contributed by atoms with Gasteiger partial charge in [0, 0.05) is 19.3 Å². The van der Waals surface area contributed by atoms with Crippen molar-refractivity contribution in [2.45, 2.75) is 43.9 Å². The van der Waals surface area contributed by atoms with E-state index >= 15 is 0 Å². The molecule has 0 N–H and O–H groups in total. The summed E-state index contributed by atoms with van der Waals surface area (Å²) in [5.41, 5.74) is 1.27. The van der Waals surface area contributed by atoms with Gasteiger partial charge in [0.2, 0.25) is 0 Å². The molecule has 140 valence electrons. The lowest BCUT2D eigenvalue weighted by Crippen LogP contribution is -2.32. The summed E-state index contributed by atoms with van der Waals surface area (Å²) >= 11 is 0. The largest absolute Gasteiger partial charge is 0.303 e. The van der Waals surface area contributed by atoms with E-state index in [0.717, 1.165) is 42.5 Å². The van der Waals surface area contributed by atoms with Crippen LogP contribution >= 0.6 is 0 Å². The van der Waals surface area contributed by atoms with E-state index in [4.69, 9.17) is 0 Å². The molecule has 2 aliphatic heterocycles. The average molecular weight is 360 g/mol. The van der Waals surface area contributed by atoms with Gasteiger partial charge in [-0.05, 0) is 74.6 Å². The average Bonchev–Trinajstić information content (AvgIpc) is 3.06. The zero-order valence-corrected chi connectivity index (χ0v) is 16.1. The topological polar surface area (TPSA) is 39.9 Å². The molecule has 0 spiro atoms. The van der Waals surface area contributed by atoms with E-state index in [2.05, 4.69) is 28.1 Å². The molecule has 5 rings (SSSR count). The van der Waals surface area contributed by atoms with E-state index in [1.165, 1.54) is 38.8 Å². The van der Waals surface area contributed by atoms with Gasteiger partial charge < -0.3 is 4.90 Å². The molecule has 1 atom stereocenters. The molecule has 1 aromatic heterocycles. The molecule has 1 aromatic carbocycles. The first-order chi connectivity index (χ1) is 13.3. The SMILES string of the molecule is N#CC(CCCN1CC2CCC(CC2)C1)(c1ccccc1)c1ccccn1. The molecule has 2 saturated heterocycles. The van der Waals surface area contributed by atoms with Crippen molar-refractivity contribution in [2.75, 3.05) is 19.6 Å². The summed E-state index contributed by atoms with van der Waals surface area (Å²) in [6.07, 6.45) is 9.32. The van der Waals surface area contributed by atoms with Crippen LogP contribution in [0.4, 0.5) is 0 Å². The predicted octanol–water partition coefficient (Wildman–Crippen LogP) is 4.79. The maximum atomic E-state index is 10.3. The highest BCUT2D eigenvalue weighted by Crippen LogP contribution is 2.37. The minimum absolute atomic E-state index is 0.659. The van der Waals surface area contributed by atoms with Crippen molar-refractivity contribution in [3.63, 3.8) is 0 Å². The Morgan fingerprint density at radius 2 is 1.63 bits per heavy atom. The second kappa shape index (κ2) is 8.23. The van der Waals surface area contributed by atoms with Crippen molar-refractivity contribution in [3.05, 3.63) is 66.0 Å². The van der Waals surface area contributed by atoms with Gasteiger partial charge in [-0.2, -0.15) is 5.26 Å². The van der Waals surface area contributed by atoms with Gasteiger partial charge >= 0.3 is 0 Å². The molecule has 0 radical (unpaired) electrons. The highest BCUT2D eigenvalue weighted by Gasteiger charge is 2.36. The molecule has 1 unspecified atom stereocenters. The number of hydrogen-bond donors (Lipinski definition) is 0. The molecule has 1 aliphatic carbocycles. The van der Waals surface area contributed by atoms with Crippen molar-refractivity contribution in [1.82, 2.24) is 9.88 Å². The second-order valence-corrected chi connectivity index (χ2v) is 8.35. The Bertz CT molecular complexity index is 704. The normalized spacial score (nSPS) is 24.7. The fraction of sp³-hybridized carbons (Fsp3) is 0.500. The van der Waals surface area contributed by atoms with E-state index < -0.39 is 5.41 Å². The Balaban J connectivity index is 1.51. The monoisotopic (exact) mass is 359 g/mol. The molecule has 27 heavy (non-hydrogen) atoms. The molecule has 3 aliphatic rings. The molecule has 1 saturated carbocycles. The highest BCUT2D eigenvalue weighted by molar-refractivity contribution is 5.42. The molecule has 3 nitrogen and oxygen atoms in total. The zero-order chi connectivity index (χ0) is 18.5. The summed E-state index contributed by atoms with van der Waals surface area (Å²) in [5, 5.41) is 10.3. The second-order valence-electron chi connectivity index (χ2n) is 8.35. The van der Waals surface area contributed by atoms with E-state index in [1.54, 1.807) is 6.20 Å². The van der Waals surface area contributed by atoms with Gasteiger partial charge in [0.15, 0.2) is 0 Å². The third-order valence-corrected chi connectivity index (χ3v) is 6.58. The van der Waals surface area contributed by atoms with Crippen LogP contribution in [0, 0.1) is 23.2 Å². The first kappa shape index (κ1) is 18.2. The van der Waals surface area contributed by atoms with Crippen LogP contribution in [0.2, 0.25) is 0 Å². The number of nitriles is 1. The zero-order valence-electron chi connectivity index (χ0n) is 16.1. The number of rotatable bonds is 6. The lowest BCUT2D eigenvalue weighted by molar-refractivity contribution is 0.243. The van der Waals surface area contributed by atoms with Crippen molar-refractivity contribution >= 4 is 0 Å². The summed E-state index contributed by atoms with van der Waals surface area (Å²) in [7, 11) is 0. The van der Waals surface area contributed by atoms with Crippen LogP contribution in [0.5, 0.6) is 0 Å². The standard InChI is InChI=1S/C24H29N3/c25-19-24(22-7-2-1-3-8-22,23-9-4-5-15-26-23)14-6-16-27-17-20-10-11-21(18-27)13-12-20/h1-5,7-9,15,20-21H,6,10-14,16-18H2. The Morgan fingerprint density at radius 1 is 0.963 bits per heavy atom. The van der Waals surface area contributed by atoms with Gasteiger partial charge in [-0.3, -0.25) is 4.98 Å². The maximum Gasteiger partial charge on any atom is 0.124 e. The molecule has 3 heteroatoms. The molecule has 3 heterocycles. The van der Waals surface area contributed by atoms with Crippen molar-refractivity contribution in [1.29, 1.82) is 5.26 Å². The van der Waals surface area contributed by atoms with Crippen LogP contribution in [0.15, 0.2) is 54.7 Å². The van der Waals surface area contributed by atoms with Gasteiger partial charge in [0.05, 0.1) is 11.8 Å². The van der Waals surface area contributed by atoms with E-state index in [1.807, 2.05) is 36.4 Å². The molecule has 2 bridgehead atoms. The minimum Gasteiger partial charge on any atom is -0.303 e. The fourth-order valence-corrected chi connectivity index (χ4v) is 5.09. The number of benzene rings is 1. The molecule has 3 fully saturated rings. The van der Waals surface area contributed by atoms with Crippen molar-refractivity contribution in [3.8, 4) is 6.07 Å². The summed E-state index contributed by atoms with van der Waals surface area (Å²) in [5.74, 6) is 1.80. The van der Waals surface area contributed by atoms with E-state index in [0.29, 0.717) is 0 Å². The molecular weight excluding hydrogens is 330 g/mol. The molecular formula is C24H29N3. The van der Waals surface area contributed by atoms with Gasteiger partial charge in [0.1, 0.15) is 5.41 Å². The van der Waals surface area contributed by atoms with Crippen LogP contribution in [0.25, 0.3) is 0 Å². The summed E-state index contributed by atoms with van der Waals surface area (Å²) in [4.78, 5) is 7.24. The number of hydrogen-bond acceptors (Lipinski definition) is 3. The maximum absolute atomic E-state index is 10.3. The predicted molar refractivity (Wildman–Crippen MR) is 108 cm³/mol. The first-order valence-corrected chi connectivity index (χ1v) is 10.4. The molecule has 2 aromatic rings. The van der Waals surface area contributed by atoms with Crippen LogP contribution < -0.4 is 0 Å². The van der Waals surface area contributed by atoms with Crippen molar-refractivity contribution < 1.29 is 0 Å². The van der Waals surface area contributed by atoms with Crippen LogP contribution in [0.1, 0.15) is 49.8 Å². The Kier molecular flexibility index (Phi) is 5.55. The number of aromatic nitrogens is 1.